The summed E-state index contributed by atoms with van der Waals surface area (Å²) in [5.74, 6) is 1.63. The SMILES string of the molecule is CCNC(=NCc1ccc2ccccc2c1)N1CCC(COC)C1.I. The third kappa shape index (κ3) is 5.31. The van der Waals surface area contributed by atoms with Crippen LogP contribution >= 0.6 is 24.0 Å². The fourth-order valence-electron chi connectivity index (χ4n) is 3.33. The van der Waals surface area contributed by atoms with Crippen molar-refractivity contribution in [3.8, 4) is 0 Å². The summed E-state index contributed by atoms with van der Waals surface area (Å²) < 4.78 is 5.30. The molecule has 1 unspecified atom stereocenters. The maximum absolute atomic E-state index is 5.30. The van der Waals surface area contributed by atoms with E-state index in [2.05, 4.69) is 59.6 Å². The monoisotopic (exact) mass is 453 g/mol. The second-order valence-corrected chi connectivity index (χ2v) is 6.41. The second-order valence-electron chi connectivity index (χ2n) is 6.41. The summed E-state index contributed by atoms with van der Waals surface area (Å²) >= 11 is 0. The van der Waals surface area contributed by atoms with Crippen molar-refractivity contribution in [2.24, 2.45) is 10.9 Å². The van der Waals surface area contributed by atoms with E-state index in [9.17, 15) is 0 Å². The van der Waals surface area contributed by atoms with Crippen molar-refractivity contribution in [2.45, 2.75) is 19.9 Å². The van der Waals surface area contributed by atoms with Gasteiger partial charge in [-0.1, -0.05) is 36.4 Å². The summed E-state index contributed by atoms with van der Waals surface area (Å²) in [5, 5.41) is 5.98. The summed E-state index contributed by atoms with van der Waals surface area (Å²) in [5.41, 5.74) is 1.25. The number of aliphatic imine (C=N–C) groups is 1. The minimum absolute atomic E-state index is 0. The first-order valence-corrected chi connectivity index (χ1v) is 8.80. The molecule has 0 bridgehead atoms. The Hall–Kier alpha value is -1.34. The number of guanidine groups is 1. The molecule has 2 aromatic carbocycles. The van der Waals surface area contributed by atoms with Gasteiger partial charge in [0.25, 0.3) is 0 Å². The van der Waals surface area contributed by atoms with Crippen molar-refractivity contribution in [1.82, 2.24) is 10.2 Å². The minimum Gasteiger partial charge on any atom is -0.384 e. The maximum atomic E-state index is 5.30. The molecular weight excluding hydrogens is 425 g/mol. The Morgan fingerprint density at radius 3 is 2.80 bits per heavy atom. The first-order chi connectivity index (χ1) is 11.8. The standard InChI is InChI=1S/C20H27N3O.HI/c1-3-21-20(23-11-10-17(14-23)15-24-2)22-13-16-8-9-18-6-4-5-7-19(18)12-16;/h4-9,12,17H,3,10-11,13-15H2,1-2H3,(H,21,22);1H. The number of nitrogens with one attached hydrogen (secondary N) is 1. The van der Waals surface area contributed by atoms with Crippen LogP contribution in [0.25, 0.3) is 10.8 Å². The van der Waals surface area contributed by atoms with Crippen molar-refractivity contribution in [1.29, 1.82) is 0 Å². The Bertz CT molecular complexity index is 704. The van der Waals surface area contributed by atoms with Crippen LogP contribution < -0.4 is 5.32 Å². The summed E-state index contributed by atoms with van der Waals surface area (Å²) in [6.07, 6.45) is 1.17. The summed E-state index contributed by atoms with van der Waals surface area (Å²) in [6, 6.07) is 15.0. The Balaban J connectivity index is 0.00000225. The molecule has 0 amide bonds. The molecule has 1 aliphatic heterocycles. The zero-order valence-corrected chi connectivity index (χ0v) is 17.4. The zero-order chi connectivity index (χ0) is 16.8. The normalized spacial score (nSPS) is 17.6. The number of ether oxygens (including phenoxy) is 1. The molecule has 3 rings (SSSR count). The summed E-state index contributed by atoms with van der Waals surface area (Å²) in [7, 11) is 1.78. The molecule has 0 aromatic heterocycles. The molecule has 0 aliphatic carbocycles. The van der Waals surface area contributed by atoms with Gasteiger partial charge in [0.15, 0.2) is 5.96 Å². The van der Waals surface area contributed by atoms with Gasteiger partial charge in [-0.05, 0) is 35.7 Å². The van der Waals surface area contributed by atoms with E-state index in [0.29, 0.717) is 12.5 Å². The fraction of sp³-hybridized carbons (Fsp3) is 0.450. The lowest BCUT2D eigenvalue weighted by Crippen LogP contribution is -2.40. The molecule has 0 radical (unpaired) electrons. The van der Waals surface area contributed by atoms with Crippen LogP contribution in [-0.2, 0) is 11.3 Å². The molecule has 0 spiro atoms. The number of halogens is 1. The zero-order valence-electron chi connectivity index (χ0n) is 15.1. The van der Waals surface area contributed by atoms with E-state index in [1.165, 1.54) is 22.8 Å². The van der Waals surface area contributed by atoms with Crippen LogP contribution in [0.4, 0.5) is 0 Å². The number of nitrogens with zero attached hydrogens (tertiary/aromatic N) is 2. The van der Waals surface area contributed by atoms with E-state index >= 15 is 0 Å². The number of hydrogen-bond donors (Lipinski definition) is 1. The molecule has 25 heavy (non-hydrogen) atoms. The van der Waals surface area contributed by atoms with E-state index in [1.807, 2.05) is 0 Å². The van der Waals surface area contributed by atoms with Crippen molar-refractivity contribution in [3.63, 3.8) is 0 Å². The van der Waals surface area contributed by atoms with Crippen molar-refractivity contribution in [2.75, 3.05) is 33.4 Å². The third-order valence-corrected chi connectivity index (χ3v) is 4.55. The lowest BCUT2D eigenvalue weighted by molar-refractivity contribution is 0.157. The predicted octanol–water partition coefficient (Wildman–Crippen LogP) is 3.89. The number of rotatable bonds is 5. The number of likely N-dealkylation sites (tertiary alicyclic amines) is 1. The van der Waals surface area contributed by atoms with Gasteiger partial charge in [0, 0.05) is 32.7 Å². The van der Waals surface area contributed by atoms with Gasteiger partial charge in [0.05, 0.1) is 13.2 Å². The smallest absolute Gasteiger partial charge is 0.194 e. The minimum atomic E-state index is 0. The van der Waals surface area contributed by atoms with Gasteiger partial charge in [-0.2, -0.15) is 0 Å². The molecule has 1 fully saturated rings. The van der Waals surface area contributed by atoms with Crippen LogP contribution in [0.1, 0.15) is 18.9 Å². The first kappa shape index (κ1) is 20.0. The number of benzene rings is 2. The van der Waals surface area contributed by atoms with Crippen LogP contribution in [0.3, 0.4) is 0 Å². The van der Waals surface area contributed by atoms with Crippen molar-refractivity contribution < 1.29 is 4.74 Å². The fourth-order valence-corrected chi connectivity index (χ4v) is 3.33. The van der Waals surface area contributed by atoms with Crippen LogP contribution in [0.2, 0.25) is 0 Å². The average molecular weight is 453 g/mol. The van der Waals surface area contributed by atoms with E-state index < -0.39 is 0 Å². The molecule has 1 saturated heterocycles. The first-order valence-electron chi connectivity index (χ1n) is 8.80. The summed E-state index contributed by atoms with van der Waals surface area (Å²) in [6.45, 7) is 6.63. The van der Waals surface area contributed by atoms with Crippen molar-refractivity contribution in [3.05, 3.63) is 48.0 Å². The molecule has 2 aromatic rings. The highest BCUT2D eigenvalue weighted by atomic mass is 127. The molecule has 4 nitrogen and oxygen atoms in total. The Morgan fingerprint density at radius 2 is 2.04 bits per heavy atom. The largest absolute Gasteiger partial charge is 0.384 e. The van der Waals surface area contributed by atoms with Gasteiger partial charge >= 0.3 is 0 Å². The van der Waals surface area contributed by atoms with E-state index in [0.717, 1.165) is 32.2 Å². The van der Waals surface area contributed by atoms with Crippen LogP contribution in [0.5, 0.6) is 0 Å². The number of fused-ring (bicyclic) bond motifs is 1. The van der Waals surface area contributed by atoms with Crippen LogP contribution in [0, 0.1) is 5.92 Å². The molecule has 1 atom stereocenters. The molecule has 5 heteroatoms. The molecule has 136 valence electrons. The molecule has 1 heterocycles. The van der Waals surface area contributed by atoms with Crippen LogP contribution in [-0.4, -0.2) is 44.2 Å². The van der Waals surface area contributed by atoms with Gasteiger partial charge in [0.1, 0.15) is 0 Å². The van der Waals surface area contributed by atoms with E-state index in [-0.39, 0.29) is 24.0 Å². The Kier molecular flexibility index (Phi) is 7.96. The lowest BCUT2D eigenvalue weighted by atomic mass is 10.1. The van der Waals surface area contributed by atoms with Gasteiger partial charge < -0.3 is 15.0 Å². The highest BCUT2D eigenvalue weighted by Gasteiger charge is 2.24. The van der Waals surface area contributed by atoms with Gasteiger partial charge in [0.2, 0.25) is 0 Å². The molecule has 1 N–H and O–H groups in total. The third-order valence-electron chi connectivity index (χ3n) is 4.55. The molecular formula is C20H28IN3O. The molecule has 1 aliphatic rings. The second kappa shape index (κ2) is 9.97. The lowest BCUT2D eigenvalue weighted by Gasteiger charge is -2.21. The van der Waals surface area contributed by atoms with E-state index in [1.54, 1.807) is 7.11 Å². The highest BCUT2D eigenvalue weighted by Crippen LogP contribution is 2.18. The van der Waals surface area contributed by atoms with Gasteiger partial charge in [-0.3, -0.25) is 0 Å². The predicted molar refractivity (Wildman–Crippen MR) is 116 cm³/mol. The number of hydrogen-bond acceptors (Lipinski definition) is 2. The highest BCUT2D eigenvalue weighted by molar-refractivity contribution is 14.0. The van der Waals surface area contributed by atoms with Crippen molar-refractivity contribution >= 4 is 40.7 Å². The quantitative estimate of drug-likeness (QED) is 0.424. The maximum Gasteiger partial charge on any atom is 0.194 e. The Labute approximate surface area is 167 Å². The summed E-state index contributed by atoms with van der Waals surface area (Å²) in [4.78, 5) is 7.21. The van der Waals surface area contributed by atoms with Gasteiger partial charge in [-0.25, -0.2) is 4.99 Å². The van der Waals surface area contributed by atoms with Crippen LogP contribution in [0.15, 0.2) is 47.5 Å². The van der Waals surface area contributed by atoms with E-state index in [4.69, 9.17) is 9.73 Å². The number of methoxy groups -OCH3 is 1. The Morgan fingerprint density at radius 1 is 1.24 bits per heavy atom. The molecule has 0 saturated carbocycles. The topological polar surface area (TPSA) is 36.9 Å². The average Bonchev–Trinajstić information content (AvgIpc) is 3.07. The van der Waals surface area contributed by atoms with Gasteiger partial charge in [-0.15, -0.1) is 24.0 Å².